The van der Waals surface area contributed by atoms with E-state index in [0.717, 1.165) is 0 Å². The number of pyridine rings is 1. The van der Waals surface area contributed by atoms with E-state index in [4.69, 9.17) is 5.41 Å². The van der Waals surface area contributed by atoms with E-state index in [1.54, 1.807) is 0 Å². The molecule has 2 heterocycles. The number of nitrogens with one attached hydrogen (secondary N) is 3. The molecule has 168 valence electrons. The highest BCUT2D eigenvalue weighted by atomic mass is 19.3. The zero-order valence-corrected chi connectivity index (χ0v) is 17.4. The molecule has 1 atom stereocenters. The van der Waals surface area contributed by atoms with Gasteiger partial charge in [-0.05, 0) is 31.7 Å². The van der Waals surface area contributed by atoms with Crippen LogP contribution >= 0.6 is 0 Å². The van der Waals surface area contributed by atoms with Crippen LogP contribution in [0.1, 0.15) is 51.0 Å². The second-order valence-corrected chi connectivity index (χ2v) is 8.09. The lowest BCUT2D eigenvalue weighted by Gasteiger charge is -2.31. The number of hydrogen-bond donors (Lipinski definition) is 3. The summed E-state index contributed by atoms with van der Waals surface area (Å²) in [4.78, 5) is 42.5. The van der Waals surface area contributed by atoms with E-state index < -0.39 is 17.7 Å². The fraction of sp³-hybridized carbons (Fsp3) is 0.571. The molecule has 3 rings (SSSR count). The zero-order valence-electron chi connectivity index (χ0n) is 17.4. The van der Waals surface area contributed by atoms with E-state index in [2.05, 4.69) is 15.6 Å². The van der Waals surface area contributed by atoms with Crippen LogP contribution in [0.2, 0.25) is 0 Å². The molecule has 3 N–H and O–H groups in total. The first-order chi connectivity index (χ1) is 14.7. The number of likely N-dealkylation sites (tertiary alicyclic amines) is 1. The van der Waals surface area contributed by atoms with Gasteiger partial charge in [0.25, 0.3) is 0 Å². The largest absolute Gasteiger partial charge is 0.374 e. The maximum absolute atomic E-state index is 13.3. The lowest BCUT2D eigenvalue weighted by molar-refractivity contribution is -0.137. The number of alkyl halides is 2. The van der Waals surface area contributed by atoms with Gasteiger partial charge in [0.2, 0.25) is 17.7 Å². The molecule has 1 aromatic heterocycles. The molecular weight excluding hydrogens is 408 g/mol. The minimum atomic E-state index is -2.66. The third-order valence-electron chi connectivity index (χ3n) is 5.81. The van der Waals surface area contributed by atoms with Gasteiger partial charge >= 0.3 is 0 Å². The predicted molar refractivity (Wildman–Crippen MR) is 110 cm³/mol. The number of halogens is 2. The van der Waals surface area contributed by atoms with Crippen molar-refractivity contribution in [1.29, 1.82) is 5.41 Å². The number of nitrogens with zero attached hydrogens (tertiary/aromatic N) is 2. The topological polar surface area (TPSA) is 115 Å². The van der Waals surface area contributed by atoms with Gasteiger partial charge in [-0.3, -0.25) is 24.8 Å². The number of ketones is 1. The van der Waals surface area contributed by atoms with Crippen molar-refractivity contribution in [2.75, 3.05) is 18.4 Å². The van der Waals surface area contributed by atoms with Crippen LogP contribution in [0.15, 0.2) is 18.5 Å². The molecule has 1 saturated heterocycles. The Bertz CT molecular complexity index is 866. The SMILES string of the molecule is CC(=O)C(=N)c1ccncc1NCC(=O)N1CCC[C@H]1C(=O)NC1CCC(F)(F)CC1. The quantitative estimate of drug-likeness (QED) is 0.568. The highest BCUT2D eigenvalue weighted by Crippen LogP contribution is 2.33. The standard InChI is InChI=1S/C21H27F2N5O3/c1-13(29)19(24)15-6-9-25-11-16(15)26-12-18(30)28-10-2-3-17(28)20(31)27-14-4-7-21(22,23)8-5-14/h6,9,11,14,17,24,26H,2-5,7-8,10,12H2,1H3,(H,27,31)/t17-/m0/s1. The zero-order chi connectivity index (χ0) is 22.6. The van der Waals surface area contributed by atoms with Crippen molar-refractivity contribution >= 4 is 29.0 Å². The molecule has 31 heavy (non-hydrogen) atoms. The summed E-state index contributed by atoms with van der Waals surface area (Å²) in [5.41, 5.74) is 0.549. The highest BCUT2D eigenvalue weighted by Gasteiger charge is 2.38. The summed E-state index contributed by atoms with van der Waals surface area (Å²) in [5, 5.41) is 13.6. The first-order valence-electron chi connectivity index (χ1n) is 10.4. The molecule has 0 spiro atoms. The molecule has 2 aliphatic rings. The molecule has 10 heteroatoms. The lowest BCUT2D eigenvalue weighted by Crippen LogP contribution is -2.51. The Labute approximate surface area is 179 Å². The Morgan fingerprint density at radius 2 is 1.97 bits per heavy atom. The van der Waals surface area contributed by atoms with Crippen LogP contribution in [-0.2, 0) is 14.4 Å². The molecular formula is C21H27F2N5O3. The summed E-state index contributed by atoms with van der Waals surface area (Å²) in [6.07, 6.45) is 4.08. The maximum Gasteiger partial charge on any atom is 0.248 e. The Morgan fingerprint density at radius 1 is 1.26 bits per heavy atom. The van der Waals surface area contributed by atoms with E-state index in [9.17, 15) is 23.2 Å². The van der Waals surface area contributed by atoms with Gasteiger partial charge in [-0.25, -0.2) is 8.78 Å². The normalized spacial score (nSPS) is 20.9. The van der Waals surface area contributed by atoms with E-state index in [-0.39, 0.29) is 55.8 Å². The fourth-order valence-electron chi connectivity index (χ4n) is 4.04. The molecule has 0 radical (unpaired) electrons. The third kappa shape index (κ3) is 5.62. The second kappa shape index (κ2) is 9.49. The molecule has 1 aromatic rings. The number of hydrogen-bond acceptors (Lipinski definition) is 6. The number of amides is 2. The first kappa shape index (κ1) is 22.8. The van der Waals surface area contributed by atoms with E-state index >= 15 is 0 Å². The van der Waals surface area contributed by atoms with Crippen LogP contribution in [0.4, 0.5) is 14.5 Å². The van der Waals surface area contributed by atoms with E-state index in [0.29, 0.717) is 30.6 Å². The van der Waals surface area contributed by atoms with Crippen molar-refractivity contribution in [3.63, 3.8) is 0 Å². The van der Waals surface area contributed by atoms with Crippen LogP contribution in [-0.4, -0.2) is 64.3 Å². The summed E-state index contributed by atoms with van der Waals surface area (Å²) in [6, 6.07) is 0.607. The van der Waals surface area contributed by atoms with Crippen molar-refractivity contribution < 1.29 is 23.2 Å². The van der Waals surface area contributed by atoms with Crippen molar-refractivity contribution in [2.45, 2.75) is 63.5 Å². The van der Waals surface area contributed by atoms with Gasteiger partial charge in [-0.1, -0.05) is 0 Å². The van der Waals surface area contributed by atoms with Gasteiger partial charge in [-0.15, -0.1) is 0 Å². The number of aromatic nitrogens is 1. The number of Topliss-reactive ketones (excluding diaryl/α,β-unsaturated/α-hetero) is 1. The van der Waals surface area contributed by atoms with Gasteiger partial charge in [0, 0.05) is 44.1 Å². The predicted octanol–water partition coefficient (Wildman–Crippen LogP) is 2.14. The second-order valence-electron chi connectivity index (χ2n) is 8.09. The van der Waals surface area contributed by atoms with Gasteiger partial charge < -0.3 is 15.5 Å². The van der Waals surface area contributed by atoms with Crippen molar-refractivity contribution in [2.24, 2.45) is 0 Å². The molecule has 0 aromatic carbocycles. The summed E-state index contributed by atoms with van der Waals surface area (Å²) >= 11 is 0. The number of anilines is 1. The summed E-state index contributed by atoms with van der Waals surface area (Å²) in [7, 11) is 0. The van der Waals surface area contributed by atoms with Crippen molar-refractivity contribution in [3.8, 4) is 0 Å². The van der Waals surface area contributed by atoms with Gasteiger partial charge in [-0.2, -0.15) is 0 Å². The smallest absolute Gasteiger partial charge is 0.248 e. The minimum absolute atomic E-state index is 0.122. The van der Waals surface area contributed by atoms with Gasteiger partial charge in [0.15, 0.2) is 5.78 Å². The summed E-state index contributed by atoms with van der Waals surface area (Å²) in [6.45, 7) is 1.60. The van der Waals surface area contributed by atoms with Gasteiger partial charge in [0.05, 0.1) is 18.4 Å². The Kier molecular flexibility index (Phi) is 6.97. The van der Waals surface area contributed by atoms with Crippen molar-refractivity contribution in [1.82, 2.24) is 15.2 Å². The van der Waals surface area contributed by atoms with Gasteiger partial charge in [0.1, 0.15) is 11.8 Å². The lowest BCUT2D eigenvalue weighted by atomic mass is 9.92. The average molecular weight is 435 g/mol. The van der Waals surface area contributed by atoms with Crippen LogP contribution < -0.4 is 10.6 Å². The number of carbonyl (C=O) groups excluding carboxylic acids is 3. The number of rotatable bonds is 7. The molecule has 1 aliphatic carbocycles. The third-order valence-corrected chi connectivity index (χ3v) is 5.81. The van der Waals surface area contributed by atoms with Crippen LogP contribution in [0.5, 0.6) is 0 Å². The van der Waals surface area contributed by atoms with Crippen LogP contribution in [0, 0.1) is 5.41 Å². The summed E-state index contributed by atoms with van der Waals surface area (Å²) < 4.78 is 26.6. The summed E-state index contributed by atoms with van der Waals surface area (Å²) in [5.74, 6) is -3.66. The average Bonchev–Trinajstić information content (AvgIpc) is 3.23. The van der Waals surface area contributed by atoms with Crippen LogP contribution in [0.25, 0.3) is 0 Å². The minimum Gasteiger partial charge on any atom is -0.374 e. The Hall–Kier alpha value is -2.91. The molecule has 0 unspecified atom stereocenters. The highest BCUT2D eigenvalue weighted by molar-refractivity contribution is 6.45. The van der Waals surface area contributed by atoms with Crippen LogP contribution in [0.3, 0.4) is 0 Å². The molecule has 8 nitrogen and oxygen atoms in total. The molecule has 1 aliphatic heterocycles. The van der Waals surface area contributed by atoms with Crippen molar-refractivity contribution in [3.05, 3.63) is 24.0 Å². The maximum atomic E-state index is 13.3. The molecule has 2 amide bonds. The Morgan fingerprint density at radius 3 is 2.65 bits per heavy atom. The fourth-order valence-corrected chi connectivity index (χ4v) is 4.04. The number of carbonyl (C=O) groups is 3. The molecule has 2 fully saturated rings. The Balaban J connectivity index is 1.57. The van der Waals surface area contributed by atoms with E-state index in [1.165, 1.54) is 30.3 Å². The molecule has 0 bridgehead atoms. The van der Waals surface area contributed by atoms with E-state index in [1.807, 2.05) is 0 Å². The molecule has 1 saturated carbocycles. The monoisotopic (exact) mass is 435 g/mol. The first-order valence-corrected chi connectivity index (χ1v) is 10.4.